The number of aliphatic hydroxyl groups is 1. The van der Waals surface area contributed by atoms with E-state index in [0.717, 1.165) is 28.9 Å². The number of aromatic nitrogens is 2. The van der Waals surface area contributed by atoms with Crippen molar-refractivity contribution in [3.63, 3.8) is 0 Å². The first-order valence-electron chi connectivity index (χ1n) is 13.3. The monoisotopic (exact) mass is 505 g/mol. The van der Waals surface area contributed by atoms with E-state index in [2.05, 4.69) is 18.1 Å². The first-order valence-corrected chi connectivity index (χ1v) is 13.3. The van der Waals surface area contributed by atoms with E-state index >= 15 is 0 Å². The number of carbonyl (C=O) groups excluding carboxylic acids is 1. The zero-order chi connectivity index (χ0) is 25.8. The maximum Gasteiger partial charge on any atom is 0.230 e. The second kappa shape index (κ2) is 9.05. The maximum atomic E-state index is 13.7. The summed E-state index contributed by atoms with van der Waals surface area (Å²) in [6.07, 6.45) is 13.5. The van der Waals surface area contributed by atoms with Crippen molar-refractivity contribution in [3.05, 3.63) is 76.9 Å². The van der Waals surface area contributed by atoms with Crippen LogP contribution in [-0.4, -0.2) is 50.6 Å². The SMILES string of the molecule is C[C@]12Cc3cnn(-c4ccc(F)cc4)c3C=C1CC[C@@]2(O)CCC1=CC=CCC1C(=O)N1CC[C@H](F)C1. The van der Waals surface area contributed by atoms with Gasteiger partial charge in [-0.25, -0.2) is 13.5 Å². The summed E-state index contributed by atoms with van der Waals surface area (Å²) in [4.78, 5) is 14.8. The molecular formula is C30H33F2N3O2. The molecule has 194 valence electrons. The summed E-state index contributed by atoms with van der Waals surface area (Å²) in [5.41, 5.74) is 3.79. The van der Waals surface area contributed by atoms with Crippen molar-refractivity contribution in [2.75, 3.05) is 13.1 Å². The predicted molar refractivity (Wildman–Crippen MR) is 138 cm³/mol. The van der Waals surface area contributed by atoms with Crippen LogP contribution in [0.3, 0.4) is 0 Å². The van der Waals surface area contributed by atoms with Crippen LogP contribution in [0.1, 0.15) is 56.7 Å². The van der Waals surface area contributed by atoms with E-state index in [1.54, 1.807) is 17.0 Å². The summed E-state index contributed by atoms with van der Waals surface area (Å²) in [5.74, 6) is -0.539. The number of amides is 1. The minimum Gasteiger partial charge on any atom is -0.389 e. The van der Waals surface area contributed by atoms with E-state index in [4.69, 9.17) is 0 Å². The number of fused-ring (bicyclic) bond motifs is 2. The van der Waals surface area contributed by atoms with Gasteiger partial charge in [0.05, 0.1) is 35.6 Å². The molecular weight excluding hydrogens is 472 g/mol. The van der Waals surface area contributed by atoms with Crippen molar-refractivity contribution in [1.82, 2.24) is 14.7 Å². The minimum absolute atomic E-state index is 0.0106. The van der Waals surface area contributed by atoms with Gasteiger partial charge in [0.15, 0.2) is 0 Å². The quantitative estimate of drug-likeness (QED) is 0.597. The topological polar surface area (TPSA) is 58.4 Å². The molecule has 0 radical (unpaired) electrons. The number of likely N-dealkylation sites (tertiary alicyclic amines) is 1. The molecule has 2 fully saturated rings. The lowest BCUT2D eigenvalue weighted by molar-refractivity contribution is -0.133. The van der Waals surface area contributed by atoms with Gasteiger partial charge in [-0.2, -0.15) is 5.10 Å². The van der Waals surface area contributed by atoms with Crippen molar-refractivity contribution in [1.29, 1.82) is 0 Å². The molecule has 6 rings (SSSR count). The molecule has 37 heavy (non-hydrogen) atoms. The fourth-order valence-corrected chi connectivity index (χ4v) is 6.80. The first-order chi connectivity index (χ1) is 17.8. The molecule has 1 unspecified atom stereocenters. The Balaban J connectivity index is 1.21. The van der Waals surface area contributed by atoms with Crippen molar-refractivity contribution in [3.8, 4) is 5.69 Å². The summed E-state index contributed by atoms with van der Waals surface area (Å²) in [5, 5.41) is 16.6. The number of rotatable bonds is 5. The molecule has 2 aromatic rings. The van der Waals surface area contributed by atoms with Gasteiger partial charge in [0.1, 0.15) is 12.0 Å². The van der Waals surface area contributed by atoms with Crippen LogP contribution < -0.4 is 0 Å². The molecule has 3 aliphatic carbocycles. The number of halogens is 2. The van der Waals surface area contributed by atoms with E-state index in [0.29, 0.717) is 45.1 Å². The van der Waals surface area contributed by atoms with Crippen LogP contribution in [0.4, 0.5) is 8.78 Å². The van der Waals surface area contributed by atoms with Gasteiger partial charge >= 0.3 is 0 Å². The van der Waals surface area contributed by atoms with Crippen LogP contribution in [0, 0.1) is 17.2 Å². The summed E-state index contributed by atoms with van der Waals surface area (Å²) in [6.45, 7) is 2.82. The molecule has 1 amide bonds. The largest absolute Gasteiger partial charge is 0.389 e. The molecule has 5 nitrogen and oxygen atoms in total. The molecule has 0 bridgehead atoms. The number of hydrogen-bond acceptors (Lipinski definition) is 3. The third-order valence-electron chi connectivity index (χ3n) is 9.19. The number of benzene rings is 1. The molecule has 0 spiro atoms. The Labute approximate surface area is 216 Å². The van der Waals surface area contributed by atoms with Gasteiger partial charge in [-0.15, -0.1) is 0 Å². The van der Waals surface area contributed by atoms with Crippen LogP contribution in [0.15, 0.2) is 59.8 Å². The van der Waals surface area contributed by atoms with Gasteiger partial charge in [-0.3, -0.25) is 4.79 Å². The molecule has 7 heteroatoms. The van der Waals surface area contributed by atoms with Gasteiger partial charge < -0.3 is 10.0 Å². The lowest BCUT2D eigenvalue weighted by Gasteiger charge is -2.43. The molecule has 1 saturated heterocycles. The summed E-state index contributed by atoms with van der Waals surface area (Å²) in [7, 11) is 0. The van der Waals surface area contributed by atoms with E-state index in [9.17, 15) is 18.7 Å². The van der Waals surface area contributed by atoms with E-state index < -0.39 is 17.2 Å². The second-order valence-corrected chi connectivity index (χ2v) is 11.3. The Kier molecular flexibility index (Phi) is 5.94. The van der Waals surface area contributed by atoms with Crippen LogP contribution in [0.25, 0.3) is 11.8 Å². The molecule has 2 heterocycles. The lowest BCUT2D eigenvalue weighted by Crippen LogP contribution is -2.45. The Hall–Kier alpha value is -3.06. The smallest absolute Gasteiger partial charge is 0.230 e. The molecule has 1 N–H and O–H groups in total. The minimum atomic E-state index is -0.927. The Bertz CT molecular complexity index is 1310. The summed E-state index contributed by atoms with van der Waals surface area (Å²) < 4.78 is 29.0. The fraction of sp³-hybridized carbons (Fsp3) is 0.467. The first kappa shape index (κ1) is 24.3. The number of hydrogen-bond donors (Lipinski definition) is 1. The molecule has 1 aromatic carbocycles. The predicted octanol–water partition coefficient (Wildman–Crippen LogP) is 5.34. The highest BCUT2D eigenvalue weighted by Gasteiger charge is 2.55. The third-order valence-corrected chi connectivity index (χ3v) is 9.19. The number of alkyl halides is 1. The summed E-state index contributed by atoms with van der Waals surface area (Å²) in [6, 6.07) is 6.31. The fourth-order valence-electron chi connectivity index (χ4n) is 6.80. The van der Waals surface area contributed by atoms with E-state index in [-0.39, 0.29) is 24.2 Å². The number of allylic oxidation sites excluding steroid dienone is 3. The summed E-state index contributed by atoms with van der Waals surface area (Å²) >= 11 is 0. The molecule has 4 atom stereocenters. The van der Waals surface area contributed by atoms with Crippen molar-refractivity contribution >= 4 is 12.0 Å². The molecule has 1 aliphatic heterocycles. The van der Waals surface area contributed by atoms with Crippen molar-refractivity contribution in [2.45, 2.75) is 63.6 Å². The Morgan fingerprint density at radius 3 is 2.84 bits per heavy atom. The zero-order valence-electron chi connectivity index (χ0n) is 21.2. The van der Waals surface area contributed by atoms with Crippen molar-refractivity contribution < 1.29 is 18.7 Å². The zero-order valence-corrected chi connectivity index (χ0v) is 21.2. The highest BCUT2D eigenvalue weighted by molar-refractivity contribution is 5.82. The Morgan fingerprint density at radius 1 is 1.27 bits per heavy atom. The number of nitrogens with zero attached hydrogens (tertiary/aromatic N) is 3. The Morgan fingerprint density at radius 2 is 2.08 bits per heavy atom. The normalized spacial score (nSPS) is 30.6. The maximum absolute atomic E-state index is 13.7. The number of carbonyl (C=O) groups is 1. The average Bonchev–Trinajstić information content (AvgIpc) is 3.58. The third kappa shape index (κ3) is 4.08. The van der Waals surface area contributed by atoms with Gasteiger partial charge in [-0.05, 0) is 80.9 Å². The van der Waals surface area contributed by atoms with Crippen LogP contribution >= 0.6 is 0 Å². The van der Waals surface area contributed by atoms with Crippen LogP contribution in [0.2, 0.25) is 0 Å². The van der Waals surface area contributed by atoms with Crippen LogP contribution in [-0.2, 0) is 11.2 Å². The van der Waals surface area contributed by atoms with E-state index in [1.807, 2.05) is 29.1 Å². The average molecular weight is 506 g/mol. The highest BCUT2D eigenvalue weighted by atomic mass is 19.1. The standard InChI is InChI=1S/C30H33F2N3O2/c1-29-17-21-18-33-35(25-8-6-23(31)7-9-25)27(21)16-22(29)11-14-30(29,37)13-10-20-4-2-3-5-26(20)28(36)34-15-12-24(32)19-34/h2-4,6-9,16,18,24,26,37H,5,10-15,17,19H2,1H3/t24-,26?,29-,30-/m0/s1. The van der Waals surface area contributed by atoms with Gasteiger partial charge in [0, 0.05) is 12.0 Å². The highest BCUT2D eigenvalue weighted by Crippen LogP contribution is 2.57. The second-order valence-electron chi connectivity index (χ2n) is 11.3. The van der Waals surface area contributed by atoms with Crippen LogP contribution in [0.5, 0.6) is 0 Å². The van der Waals surface area contributed by atoms with Crippen molar-refractivity contribution in [2.24, 2.45) is 11.3 Å². The van der Waals surface area contributed by atoms with Gasteiger partial charge in [-0.1, -0.05) is 36.3 Å². The van der Waals surface area contributed by atoms with Gasteiger partial charge in [0.25, 0.3) is 0 Å². The molecule has 1 saturated carbocycles. The van der Waals surface area contributed by atoms with E-state index in [1.165, 1.54) is 17.7 Å². The lowest BCUT2D eigenvalue weighted by atomic mass is 9.65. The molecule has 4 aliphatic rings. The molecule has 1 aromatic heterocycles. The van der Waals surface area contributed by atoms with Gasteiger partial charge in [0.2, 0.25) is 5.91 Å².